The van der Waals surface area contributed by atoms with Crippen molar-refractivity contribution in [2.45, 2.75) is 13.5 Å². The summed E-state index contributed by atoms with van der Waals surface area (Å²) < 4.78 is 5.42. The molecule has 20 heavy (non-hydrogen) atoms. The molecule has 0 amide bonds. The van der Waals surface area contributed by atoms with E-state index < -0.39 is 0 Å². The van der Waals surface area contributed by atoms with Crippen molar-refractivity contribution in [1.82, 2.24) is 4.98 Å². The van der Waals surface area contributed by atoms with Gasteiger partial charge in [0.15, 0.2) is 0 Å². The molecule has 0 radical (unpaired) electrons. The van der Waals surface area contributed by atoms with Crippen molar-refractivity contribution >= 4 is 22.1 Å². The quantitative estimate of drug-likeness (QED) is 0.736. The largest absolute Gasteiger partial charge is 0.467 e. The fraction of sp³-hybridized carbons (Fsp3) is 0.188. The number of fused-ring (bicyclic) bond motifs is 1. The average Bonchev–Trinajstić information content (AvgIpc) is 2.99. The SMILES string of the molecule is CCN(Cc1ccco1)c1ccc2cnccc2c1N. The minimum atomic E-state index is 0.713. The van der Waals surface area contributed by atoms with Crippen molar-refractivity contribution in [1.29, 1.82) is 0 Å². The van der Waals surface area contributed by atoms with Crippen LogP contribution < -0.4 is 10.6 Å². The van der Waals surface area contributed by atoms with Gasteiger partial charge in [-0.25, -0.2) is 0 Å². The number of nitrogens with zero attached hydrogens (tertiary/aromatic N) is 2. The lowest BCUT2D eigenvalue weighted by molar-refractivity contribution is 0.504. The highest BCUT2D eigenvalue weighted by molar-refractivity contribution is 5.98. The maximum Gasteiger partial charge on any atom is 0.123 e. The minimum Gasteiger partial charge on any atom is -0.467 e. The highest BCUT2D eigenvalue weighted by atomic mass is 16.3. The lowest BCUT2D eigenvalue weighted by Crippen LogP contribution is -2.22. The fourth-order valence-electron chi connectivity index (χ4n) is 2.41. The number of rotatable bonds is 4. The minimum absolute atomic E-state index is 0.713. The van der Waals surface area contributed by atoms with Gasteiger partial charge >= 0.3 is 0 Å². The molecule has 0 aliphatic rings. The van der Waals surface area contributed by atoms with Crippen LogP contribution in [0.5, 0.6) is 0 Å². The predicted octanol–water partition coefficient (Wildman–Crippen LogP) is 3.44. The Labute approximate surface area is 117 Å². The Hall–Kier alpha value is -2.49. The van der Waals surface area contributed by atoms with Crippen LogP contribution >= 0.6 is 0 Å². The molecule has 4 heteroatoms. The fourth-order valence-corrected chi connectivity index (χ4v) is 2.41. The Kier molecular flexibility index (Phi) is 3.29. The number of hydrogen-bond donors (Lipinski definition) is 1. The summed E-state index contributed by atoms with van der Waals surface area (Å²) in [4.78, 5) is 6.33. The number of aromatic nitrogens is 1. The second-order valence-electron chi connectivity index (χ2n) is 4.69. The van der Waals surface area contributed by atoms with Crippen LogP contribution in [0.15, 0.2) is 53.4 Å². The van der Waals surface area contributed by atoms with Crippen molar-refractivity contribution in [2.75, 3.05) is 17.2 Å². The molecule has 0 aliphatic carbocycles. The highest BCUT2D eigenvalue weighted by Gasteiger charge is 2.12. The van der Waals surface area contributed by atoms with Gasteiger partial charge in [0.1, 0.15) is 5.76 Å². The maximum atomic E-state index is 6.32. The molecule has 2 N–H and O–H groups in total. The molecule has 0 saturated heterocycles. The Balaban J connectivity index is 2.01. The third kappa shape index (κ3) is 2.20. The summed E-state index contributed by atoms with van der Waals surface area (Å²) in [5.41, 5.74) is 8.14. The number of anilines is 2. The van der Waals surface area contributed by atoms with Gasteiger partial charge in [-0.05, 0) is 31.2 Å². The lowest BCUT2D eigenvalue weighted by atomic mass is 10.1. The van der Waals surface area contributed by atoms with Crippen molar-refractivity contribution in [3.05, 3.63) is 54.7 Å². The van der Waals surface area contributed by atoms with Crippen LogP contribution in [0, 0.1) is 0 Å². The normalized spacial score (nSPS) is 10.8. The van der Waals surface area contributed by atoms with E-state index in [-0.39, 0.29) is 0 Å². The van der Waals surface area contributed by atoms with E-state index in [4.69, 9.17) is 10.2 Å². The van der Waals surface area contributed by atoms with E-state index in [1.807, 2.05) is 30.5 Å². The predicted molar refractivity (Wildman–Crippen MR) is 81.6 cm³/mol. The zero-order valence-corrected chi connectivity index (χ0v) is 11.4. The first-order chi connectivity index (χ1) is 9.79. The molecule has 0 saturated carbocycles. The molecule has 1 aromatic carbocycles. The Bertz CT molecular complexity index is 707. The second-order valence-corrected chi connectivity index (χ2v) is 4.69. The van der Waals surface area contributed by atoms with Gasteiger partial charge in [-0.3, -0.25) is 4.98 Å². The van der Waals surface area contributed by atoms with E-state index in [0.717, 1.165) is 34.5 Å². The molecule has 3 aromatic rings. The number of pyridine rings is 1. The van der Waals surface area contributed by atoms with Gasteiger partial charge in [0.2, 0.25) is 0 Å². The second kappa shape index (κ2) is 5.25. The van der Waals surface area contributed by atoms with Gasteiger partial charge in [0.05, 0.1) is 24.2 Å². The zero-order chi connectivity index (χ0) is 13.9. The van der Waals surface area contributed by atoms with E-state index in [0.29, 0.717) is 6.54 Å². The molecule has 3 rings (SSSR count). The van der Waals surface area contributed by atoms with Gasteiger partial charge in [-0.15, -0.1) is 0 Å². The molecule has 0 unspecified atom stereocenters. The molecule has 102 valence electrons. The number of nitrogen functional groups attached to an aromatic ring is 1. The smallest absolute Gasteiger partial charge is 0.123 e. The summed E-state index contributed by atoms with van der Waals surface area (Å²) in [5.74, 6) is 0.932. The summed E-state index contributed by atoms with van der Waals surface area (Å²) >= 11 is 0. The maximum absolute atomic E-state index is 6.32. The van der Waals surface area contributed by atoms with Crippen molar-refractivity contribution < 1.29 is 4.42 Å². The topological polar surface area (TPSA) is 55.3 Å². The van der Waals surface area contributed by atoms with E-state index in [1.165, 1.54) is 0 Å². The molecular formula is C16H17N3O. The van der Waals surface area contributed by atoms with Gasteiger partial charge in [-0.1, -0.05) is 6.07 Å². The summed E-state index contributed by atoms with van der Waals surface area (Å²) in [5, 5.41) is 2.10. The molecule has 0 spiro atoms. The first-order valence-corrected chi connectivity index (χ1v) is 6.69. The van der Waals surface area contributed by atoms with Gasteiger partial charge in [-0.2, -0.15) is 0 Å². The van der Waals surface area contributed by atoms with E-state index in [9.17, 15) is 0 Å². The number of furan rings is 1. The lowest BCUT2D eigenvalue weighted by Gasteiger charge is -2.24. The molecule has 0 fully saturated rings. The van der Waals surface area contributed by atoms with Crippen molar-refractivity contribution in [3.8, 4) is 0 Å². The van der Waals surface area contributed by atoms with E-state index in [1.54, 1.807) is 12.5 Å². The van der Waals surface area contributed by atoms with Crippen LogP contribution in [0.25, 0.3) is 10.8 Å². The standard InChI is InChI=1S/C16H17N3O/c1-2-19(11-13-4-3-9-20-13)15-6-5-12-10-18-8-7-14(12)16(15)17/h3-10H,2,11,17H2,1H3. The first-order valence-electron chi connectivity index (χ1n) is 6.69. The Morgan fingerprint density at radius 1 is 1.25 bits per heavy atom. The number of nitrogens with two attached hydrogens (primary N) is 1. The molecule has 2 heterocycles. The Morgan fingerprint density at radius 2 is 2.15 bits per heavy atom. The van der Waals surface area contributed by atoms with Gasteiger partial charge in [0.25, 0.3) is 0 Å². The molecule has 0 atom stereocenters. The zero-order valence-electron chi connectivity index (χ0n) is 11.4. The summed E-state index contributed by atoms with van der Waals surface area (Å²) in [6.45, 7) is 3.69. The number of benzene rings is 1. The molecular weight excluding hydrogens is 250 g/mol. The Morgan fingerprint density at radius 3 is 2.90 bits per heavy atom. The average molecular weight is 267 g/mol. The summed E-state index contributed by atoms with van der Waals surface area (Å²) in [6, 6.07) is 9.93. The van der Waals surface area contributed by atoms with Crippen molar-refractivity contribution in [2.24, 2.45) is 0 Å². The van der Waals surface area contributed by atoms with Crippen molar-refractivity contribution in [3.63, 3.8) is 0 Å². The molecule has 0 aliphatic heterocycles. The van der Waals surface area contributed by atoms with Crippen LogP contribution in [0.1, 0.15) is 12.7 Å². The first kappa shape index (κ1) is 12.5. The molecule has 2 aromatic heterocycles. The molecule has 4 nitrogen and oxygen atoms in total. The monoisotopic (exact) mass is 267 g/mol. The van der Waals surface area contributed by atoms with Gasteiger partial charge in [0, 0.05) is 29.7 Å². The van der Waals surface area contributed by atoms with Gasteiger partial charge < -0.3 is 15.1 Å². The van der Waals surface area contributed by atoms with E-state index in [2.05, 4.69) is 22.9 Å². The van der Waals surface area contributed by atoms with Crippen LogP contribution in [0.3, 0.4) is 0 Å². The number of hydrogen-bond acceptors (Lipinski definition) is 4. The van der Waals surface area contributed by atoms with Crippen LogP contribution in [-0.4, -0.2) is 11.5 Å². The third-order valence-electron chi connectivity index (χ3n) is 3.49. The third-order valence-corrected chi connectivity index (χ3v) is 3.49. The summed E-state index contributed by atoms with van der Waals surface area (Å²) in [6.07, 6.45) is 5.29. The highest BCUT2D eigenvalue weighted by Crippen LogP contribution is 2.31. The molecule has 0 bridgehead atoms. The van der Waals surface area contributed by atoms with Crippen LogP contribution in [0.4, 0.5) is 11.4 Å². The van der Waals surface area contributed by atoms with Crippen LogP contribution in [0.2, 0.25) is 0 Å². The van der Waals surface area contributed by atoms with Crippen LogP contribution in [-0.2, 0) is 6.54 Å². The van der Waals surface area contributed by atoms with E-state index >= 15 is 0 Å². The summed E-state index contributed by atoms with van der Waals surface area (Å²) in [7, 11) is 0.